The third-order valence-electron chi connectivity index (χ3n) is 2.23. The summed E-state index contributed by atoms with van der Waals surface area (Å²) in [6, 6.07) is 2.26. The molecule has 0 bridgehead atoms. The van der Waals surface area contributed by atoms with Gasteiger partial charge in [0.15, 0.2) is 17.3 Å². The van der Waals surface area contributed by atoms with Gasteiger partial charge in [-0.1, -0.05) is 0 Å². The van der Waals surface area contributed by atoms with Crippen LogP contribution in [0.4, 0.5) is 8.78 Å². The molecule has 6 heteroatoms. The Balaban J connectivity index is 2.53. The average molecular weight is 229 g/mol. The maximum absolute atomic E-state index is 12.5. The standard InChI is InChI=1S/C10H9F2NO3/c11-10(12)5-1-6(7(14)3-13)9-8(2-5)15-4-16-9/h1-2,10H,3-4,13H2. The van der Waals surface area contributed by atoms with Crippen molar-refractivity contribution in [3.63, 3.8) is 0 Å². The second kappa shape index (κ2) is 4.05. The maximum Gasteiger partial charge on any atom is 0.264 e. The lowest BCUT2D eigenvalue weighted by Gasteiger charge is -2.07. The fourth-order valence-corrected chi connectivity index (χ4v) is 1.47. The second-order valence-electron chi connectivity index (χ2n) is 3.23. The van der Waals surface area contributed by atoms with Crippen LogP contribution in [0.25, 0.3) is 0 Å². The SMILES string of the molecule is NCC(=O)c1cc(C(F)F)cc2c1OCO2. The van der Waals surface area contributed by atoms with Crippen LogP contribution in [0.3, 0.4) is 0 Å². The molecular weight excluding hydrogens is 220 g/mol. The van der Waals surface area contributed by atoms with Gasteiger partial charge in [-0.3, -0.25) is 4.79 Å². The lowest BCUT2D eigenvalue weighted by atomic mass is 10.1. The van der Waals surface area contributed by atoms with E-state index in [-0.39, 0.29) is 36.0 Å². The summed E-state index contributed by atoms with van der Waals surface area (Å²) in [7, 11) is 0. The highest BCUT2D eigenvalue weighted by Gasteiger charge is 2.24. The summed E-state index contributed by atoms with van der Waals surface area (Å²) in [6.45, 7) is -0.338. The van der Waals surface area contributed by atoms with Crippen molar-refractivity contribution < 1.29 is 23.0 Å². The number of carbonyl (C=O) groups is 1. The molecule has 0 saturated carbocycles. The molecule has 2 N–H and O–H groups in total. The molecule has 0 saturated heterocycles. The number of nitrogens with two attached hydrogens (primary N) is 1. The number of carbonyl (C=O) groups excluding carboxylic acids is 1. The first-order valence-electron chi connectivity index (χ1n) is 4.58. The first kappa shape index (κ1) is 10.8. The van der Waals surface area contributed by atoms with Crippen molar-refractivity contribution in [1.82, 2.24) is 0 Å². The van der Waals surface area contributed by atoms with E-state index in [1.54, 1.807) is 0 Å². The molecule has 1 aromatic rings. The number of hydrogen-bond donors (Lipinski definition) is 1. The van der Waals surface area contributed by atoms with Crippen molar-refractivity contribution >= 4 is 5.78 Å². The smallest absolute Gasteiger partial charge is 0.264 e. The van der Waals surface area contributed by atoms with Crippen molar-refractivity contribution in [2.75, 3.05) is 13.3 Å². The molecular formula is C10H9F2NO3. The first-order valence-corrected chi connectivity index (χ1v) is 4.58. The number of ether oxygens (including phenoxy) is 2. The number of Topliss-reactive ketones (excluding diaryl/α,β-unsaturated/α-hetero) is 1. The van der Waals surface area contributed by atoms with E-state index >= 15 is 0 Å². The first-order chi connectivity index (χ1) is 7.63. The molecule has 0 unspecified atom stereocenters. The summed E-state index contributed by atoms with van der Waals surface area (Å²) in [5, 5.41) is 0. The molecule has 0 amide bonds. The van der Waals surface area contributed by atoms with Crippen LogP contribution in [0.15, 0.2) is 12.1 Å². The van der Waals surface area contributed by atoms with Gasteiger partial charge < -0.3 is 15.2 Å². The monoisotopic (exact) mass is 229 g/mol. The molecule has 2 rings (SSSR count). The Morgan fingerprint density at radius 2 is 2.19 bits per heavy atom. The van der Waals surface area contributed by atoms with Crippen molar-refractivity contribution in [3.05, 3.63) is 23.3 Å². The number of rotatable bonds is 3. The fraction of sp³-hybridized carbons (Fsp3) is 0.300. The maximum atomic E-state index is 12.5. The fourth-order valence-electron chi connectivity index (χ4n) is 1.47. The third kappa shape index (κ3) is 1.71. The predicted molar refractivity (Wildman–Crippen MR) is 50.9 cm³/mol. The van der Waals surface area contributed by atoms with E-state index in [4.69, 9.17) is 15.2 Å². The topological polar surface area (TPSA) is 61.6 Å². The molecule has 16 heavy (non-hydrogen) atoms. The van der Waals surface area contributed by atoms with Crippen molar-refractivity contribution in [2.45, 2.75) is 6.43 Å². The number of ketones is 1. The van der Waals surface area contributed by atoms with Crippen LogP contribution in [0.5, 0.6) is 11.5 Å². The van der Waals surface area contributed by atoms with Crippen LogP contribution < -0.4 is 15.2 Å². The lowest BCUT2D eigenvalue weighted by molar-refractivity contribution is 0.0996. The molecule has 1 heterocycles. The molecule has 1 aliphatic rings. The van der Waals surface area contributed by atoms with Crippen molar-refractivity contribution in [3.8, 4) is 11.5 Å². The average Bonchev–Trinajstić information content (AvgIpc) is 2.74. The highest BCUT2D eigenvalue weighted by Crippen LogP contribution is 2.39. The molecule has 0 aromatic heterocycles. The number of fused-ring (bicyclic) bond motifs is 1. The van der Waals surface area contributed by atoms with E-state index in [1.807, 2.05) is 0 Å². The van der Waals surface area contributed by atoms with Gasteiger partial charge in [0.25, 0.3) is 6.43 Å². The van der Waals surface area contributed by atoms with Gasteiger partial charge >= 0.3 is 0 Å². The molecule has 0 aliphatic carbocycles. The van der Waals surface area contributed by atoms with E-state index in [1.165, 1.54) is 6.07 Å². The zero-order valence-corrected chi connectivity index (χ0v) is 8.20. The lowest BCUT2D eigenvalue weighted by Crippen LogP contribution is -2.14. The zero-order chi connectivity index (χ0) is 11.7. The van der Waals surface area contributed by atoms with Crippen molar-refractivity contribution in [1.29, 1.82) is 0 Å². The largest absolute Gasteiger partial charge is 0.454 e. The Labute approximate surface area is 89.9 Å². The highest BCUT2D eigenvalue weighted by molar-refractivity contribution is 6.01. The van der Waals surface area contributed by atoms with Crippen LogP contribution in [-0.4, -0.2) is 19.1 Å². The van der Waals surface area contributed by atoms with Gasteiger partial charge in [0.05, 0.1) is 12.1 Å². The summed E-state index contributed by atoms with van der Waals surface area (Å²) in [6.07, 6.45) is -2.67. The zero-order valence-electron chi connectivity index (χ0n) is 8.20. The van der Waals surface area contributed by atoms with E-state index in [0.717, 1.165) is 6.07 Å². The van der Waals surface area contributed by atoms with Gasteiger partial charge in [-0.25, -0.2) is 8.78 Å². The molecule has 1 aromatic carbocycles. The Morgan fingerprint density at radius 3 is 2.81 bits per heavy atom. The van der Waals surface area contributed by atoms with Crippen LogP contribution >= 0.6 is 0 Å². The summed E-state index contributed by atoms with van der Waals surface area (Å²) in [5.41, 5.74) is 4.96. The van der Waals surface area contributed by atoms with Crippen molar-refractivity contribution in [2.24, 2.45) is 5.73 Å². The molecule has 1 aliphatic heterocycles. The number of alkyl halides is 2. The Bertz CT molecular complexity index is 434. The summed E-state index contributed by atoms with van der Waals surface area (Å²) in [5.74, 6) is -0.0984. The second-order valence-corrected chi connectivity index (χ2v) is 3.23. The van der Waals surface area contributed by atoms with Gasteiger partial charge in [0.2, 0.25) is 6.79 Å². The molecule has 0 atom stereocenters. The Hall–Kier alpha value is -1.69. The van der Waals surface area contributed by atoms with Gasteiger partial charge in [-0.05, 0) is 12.1 Å². The summed E-state index contributed by atoms with van der Waals surface area (Å²) < 4.78 is 35.1. The molecule has 86 valence electrons. The van der Waals surface area contributed by atoms with Crippen LogP contribution in [0.2, 0.25) is 0 Å². The third-order valence-corrected chi connectivity index (χ3v) is 2.23. The Morgan fingerprint density at radius 1 is 1.44 bits per heavy atom. The molecule has 0 spiro atoms. The predicted octanol–water partition coefficient (Wildman–Crippen LogP) is 1.49. The summed E-state index contributed by atoms with van der Waals surface area (Å²) in [4.78, 5) is 11.4. The van der Waals surface area contributed by atoms with E-state index in [9.17, 15) is 13.6 Å². The van der Waals surface area contributed by atoms with E-state index in [2.05, 4.69) is 0 Å². The minimum atomic E-state index is -2.67. The van der Waals surface area contributed by atoms with Crippen LogP contribution in [0, 0.1) is 0 Å². The van der Waals surface area contributed by atoms with E-state index < -0.39 is 12.2 Å². The van der Waals surface area contributed by atoms with Gasteiger partial charge in [0, 0.05) is 5.56 Å². The number of halogens is 2. The normalized spacial score (nSPS) is 13.2. The quantitative estimate of drug-likeness (QED) is 0.798. The van der Waals surface area contributed by atoms with E-state index in [0.29, 0.717) is 0 Å². The minimum Gasteiger partial charge on any atom is -0.454 e. The minimum absolute atomic E-state index is 0.0489. The van der Waals surface area contributed by atoms with Crippen LogP contribution in [0.1, 0.15) is 22.3 Å². The number of benzene rings is 1. The number of hydrogen-bond acceptors (Lipinski definition) is 4. The summed E-state index contributed by atoms with van der Waals surface area (Å²) >= 11 is 0. The molecule has 0 radical (unpaired) electrons. The molecule has 0 fully saturated rings. The van der Waals surface area contributed by atoms with Gasteiger partial charge in [0.1, 0.15) is 0 Å². The molecule has 4 nitrogen and oxygen atoms in total. The van der Waals surface area contributed by atoms with Gasteiger partial charge in [-0.2, -0.15) is 0 Å². The Kier molecular flexibility index (Phi) is 2.74. The highest BCUT2D eigenvalue weighted by atomic mass is 19.3. The van der Waals surface area contributed by atoms with Crippen LogP contribution in [-0.2, 0) is 0 Å². The van der Waals surface area contributed by atoms with Gasteiger partial charge in [-0.15, -0.1) is 0 Å².